The van der Waals surface area contributed by atoms with Crippen LogP contribution in [-0.2, 0) is 0 Å². The molecule has 3 aromatic rings. The molecular weight excluding hydrogens is 344 g/mol. The molecular formula is C18H13F2N3O3. The molecule has 6 nitrogen and oxygen atoms in total. The van der Waals surface area contributed by atoms with Gasteiger partial charge in [-0.05, 0) is 30.3 Å². The molecule has 0 radical (unpaired) electrons. The lowest BCUT2D eigenvalue weighted by atomic mass is 10.2. The van der Waals surface area contributed by atoms with Gasteiger partial charge in [0, 0.05) is 10.9 Å². The lowest BCUT2D eigenvalue weighted by molar-refractivity contribution is -0.0498. The van der Waals surface area contributed by atoms with Crippen molar-refractivity contribution in [3.8, 4) is 5.75 Å². The summed E-state index contributed by atoms with van der Waals surface area (Å²) in [6.45, 7) is -2.99. The third-order valence-electron chi connectivity index (χ3n) is 3.44. The predicted octanol–water partition coefficient (Wildman–Crippen LogP) is 2.91. The van der Waals surface area contributed by atoms with Crippen LogP contribution in [0, 0.1) is 0 Å². The van der Waals surface area contributed by atoms with Crippen LogP contribution in [0.3, 0.4) is 0 Å². The fraction of sp³-hybridized carbons (Fsp3) is 0.0556. The summed E-state index contributed by atoms with van der Waals surface area (Å²) in [7, 11) is 0. The number of para-hydroxylation sites is 1. The van der Waals surface area contributed by atoms with Crippen LogP contribution in [0.1, 0.15) is 20.8 Å². The standard InChI is InChI=1S/C18H13F2N3O3/c19-18(20)26-13-6-3-5-12(10-13)16(24)22-23-17(25)15-9-8-11-4-1-2-7-14(11)21-15/h1-10,18H,(H,22,24)(H,23,25). The number of aromatic nitrogens is 1. The van der Waals surface area contributed by atoms with Crippen LogP contribution in [-0.4, -0.2) is 23.4 Å². The second kappa shape index (κ2) is 7.56. The largest absolute Gasteiger partial charge is 0.435 e. The molecule has 0 aliphatic heterocycles. The number of hydrogen-bond acceptors (Lipinski definition) is 4. The van der Waals surface area contributed by atoms with Gasteiger partial charge in [-0.15, -0.1) is 0 Å². The van der Waals surface area contributed by atoms with Gasteiger partial charge in [0.1, 0.15) is 11.4 Å². The maximum absolute atomic E-state index is 12.2. The van der Waals surface area contributed by atoms with Crippen molar-refractivity contribution in [3.05, 3.63) is 71.9 Å². The number of hydrazine groups is 1. The highest BCUT2D eigenvalue weighted by Gasteiger charge is 2.12. The Morgan fingerprint density at radius 3 is 2.50 bits per heavy atom. The van der Waals surface area contributed by atoms with E-state index in [2.05, 4.69) is 20.6 Å². The average molecular weight is 357 g/mol. The van der Waals surface area contributed by atoms with Crippen LogP contribution in [0.15, 0.2) is 60.7 Å². The molecule has 0 fully saturated rings. The number of halogens is 2. The number of benzene rings is 2. The zero-order valence-corrected chi connectivity index (χ0v) is 13.3. The molecule has 2 amide bonds. The number of carbonyl (C=O) groups is 2. The Bertz CT molecular complexity index is 963. The molecule has 0 aliphatic rings. The van der Waals surface area contributed by atoms with Gasteiger partial charge in [0.2, 0.25) is 0 Å². The Balaban J connectivity index is 1.65. The van der Waals surface area contributed by atoms with Crippen molar-refractivity contribution in [3.63, 3.8) is 0 Å². The average Bonchev–Trinajstić information content (AvgIpc) is 2.65. The van der Waals surface area contributed by atoms with E-state index in [1.54, 1.807) is 18.2 Å². The van der Waals surface area contributed by atoms with Crippen LogP contribution in [0.5, 0.6) is 5.75 Å². The maximum Gasteiger partial charge on any atom is 0.387 e. The summed E-state index contributed by atoms with van der Waals surface area (Å²) >= 11 is 0. The van der Waals surface area contributed by atoms with Crippen molar-refractivity contribution in [2.75, 3.05) is 0 Å². The first kappa shape index (κ1) is 17.3. The molecule has 132 valence electrons. The molecule has 8 heteroatoms. The summed E-state index contributed by atoms with van der Waals surface area (Å²) in [6, 6.07) is 15.8. The summed E-state index contributed by atoms with van der Waals surface area (Å²) in [6.07, 6.45) is 0. The van der Waals surface area contributed by atoms with E-state index in [4.69, 9.17) is 0 Å². The van der Waals surface area contributed by atoms with Crippen molar-refractivity contribution >= 4 is 22.7 Å². The summed E-state index contributed by atoms with van der Waals surface area (Å²) < 4.78 is 28.7. The fourth-order valence-corrected chi connectivity index (χ4v) is 2.26. The number of nitrogens with one attached hydrogen (secondary N) is 2. The van der Waals surface area contributed by atoms with Gasteiger partial charge >= 0.3 is 6.61 Å². The molecule has 26 heavy (non-hydrogen) atoms. The van der Waals surface area contributed by atoms with Gasteiger partial charge in [-0.1, -0.05) is 30.3 Å². The van der Waals surface area contributed by atoms with E-state index in [-0.39, 0.29) is 17.0 Å². The van der Waals surface area contributed by atoms with Gasteiger partial charge < -0.3 is 4.74 Å². The molecule has 0 aliphatic carbocycles. The second-order valence-corrected chi connectivity index (χ2v) is 5.20. The van der Waals surface area contributed by atoms with E-state index in [1.165, 1.54) is 24.3 Å². The number of fused-ring (bicyclic) bond motifs is 1. The van der Waals surface area contributed by atoms with Crippen molar-refractivity contribution < 1.29 is 23.1 Å². The highest BCUT2D eigenvalue weighted by Crippen LogP contribution is 2.16. The van der Waals surface area contributed by atoms with Crippen LogP contribution in [0.2, 0.25) is 0 Å². The van der Waals surface area contributed by atoms with Gasteiger partial charge in [-0.25, -0.2) is 4.98 Å². The number of carbonyl (C=O) groups excluding carboxylic acids is 2. The van der Waals surface area contributed by atoms with Gasteiger partial charge in [-0.3, -0.25) is 20.4 Å². The molecule has 0 atom stereocenters. The van der Waals surface area contributed by atoms with Crippen molar-refractivity contribution in [2.45, 2.75) is 6.61 Å². The number of pyridine rings is 1. The van der Waals surface area contributed by atoms with Gasteiger partial charge in [0.15, 0.2) is 0 Å². The minimum absolute atomic E-state index is 0.0509. The second-order valence-electron chi connectivity index (χ2n) is 5.20. The van der Waals surface area contributed by atoms with E-state index < -0.39 is 18.4 Å². The Hall–Kier alpha value is -3.55. The summed E-state index contributed by atoms with van der Waals surface area (Å²) in [5.74, 6) is -1.45. The third kappa shape index (κ3) is 4.10. The van der Waals surface area contributed by atoms with Crippen molar-refractivity contribution in [1.82, 2.24) is 15.8 Å². The first-order valence-electron chi connectivity index (χ1n) is 7.54. The molecule has 2 aromatic carbocycles. The number of amides is 2. The lowest BCUT2D eigenvalue weighted by Crippen LogP contribution is -2.41. The molecule has 0 spiro atoms. The van der Waals surface area contributed by atoms with Gasteiger partial charge in [0.25, 0.3) is 11.8 Å². The van der Waals surface area contributed by atoms with E-state index in [1.807, 2.05) is 12.1 Å². The van der Waals surface area contributed by atoms with Crippen LogP contribution >= 0.6 is 0 Å². The topological polar surface area (TPSA) is 80.3 Å². The van der Waals surface area contributed by atoms with Crippen molar-refractivity contribution in [1.29, 1.82) is 0 Å². The van der Waals surface area contributed by atoms with Crippen LogP contribution in [0.25, 0.3) is 10.9 Å². The number of nitrogens with zero attached hydrogens (tertiary/aromatic N) is 1. The molecule has 0 bridgehead atoms. The van der Waals surface area contributed by atoms with Gasteiger partial charge in [0.05, 0.1) is 5.52 Å². The van der Waals surface area contributed by atoms with Crippen molar-refractivity contribution in [2.24, 2.45) is 0 Å². The summed E-state index contributed by atoms with van der Waals surface area (Å²) in [5, 5.41) is 0.879. The minimum atomic E-state index is -2.99. The number of hydrogen-bond donors (Lipinski definition) is 2. The van der Waals surface area contributed by atoms with E-state index in [0.717, 1.165) is 11.5 Å². The molecule has 0 saturated heterocycles. The zero-order chi connectivity index (χ0) is 18.5. The third-order valence-corrected chi connectivity index (χ3v) is 3.44. The lowest BCUT2D eigenvalue weighted by Gasteiger charge is -2.09. The normalized spacial score (nSPS) is 10.6. The predicted molar refractivity (Wildman–Crippen MR) is 89.7 cm³/mol. The minimum Gasteiger partial charge on any atom is -0.435 e. The van der Waals surface area contributed by atoms with E-state index >= 15 is 0 Å². The highest BCUT2D eigenvalue weighted by molar-refractivity contribution is 5.99. The molecule has 0 unspecified atom stereocenters. The number of rotatable bonds is 4. The number of alkyl halides is 2. The number of ether oxygens (including phenoxy) is 1. The Morgan fingerprint density at radius 2 is 1.69 bits per heavy atom. The zero-order valence-electron chi connectivity index (χ0n) is 13.3. The maximum atomic E-state index is 12.2. The molecule has 2 N–H and O–H groups in total. The monoisotopic (exact) mass is 357 g/mol. The van der Waals surface area contributed by atoms with E-state index in [0.29, 0.717) is 5.52 Å². The highest BCUT2D eigenvalue weighted by atomic mass is 19.3. The molecule has 0 saturated carbocycles. The summed E-state index contributed by atoms with van der Waals surface area (Å²) in [5.41, 5.74) is 5.25. The first-order chi connectivity index (χ1) is 12.5. The van der Waals surface area contributed by atoms with Crippen LogP contribution in [0.4, 0.5) is 8.78 Å². The van der Waals surface area contributed by atoms with Crippen LogP contribution < -0.4 is 15.6 Å². The summed E-state index contributed by atoms with van der Waals surface area (Å²) in [4.78, 5) is 28.4. The van der Waals surface area contributed by atoms with E-state index in [9.17, 15) is 18.4 Å². The molecule has 1 aromatic heterocycles. The Labute approximate surface area is 146 Å². The smallest absolute Gasteiger partial charge is 0.387 e. The first-order valence-corrected chi connectivity index (χ1v) is 7.54. The Kier molecular flexibility index (Phi) is 5.02. The molecule has 3 rings (SSSR count). The molecule has 1 heterocycles. The van der Waals surface area contributed by atoms with Gasteiger partial charge in [-0.2, -0.15) is 8.78 Å². The fourth-order valence-electron chi connectivity index (χ4n) is 2.26. The quantitative estimate of drug-likeness (QED) is 0.704. The Morgan fingerprint density at radius 1 is 0.923 bits per heavy atom. The SMILES string of the molecule is O=C(NNC(=O)c1ccc2ccccc2n1)c1cccc(OC(F)F)c1.